The highest BCUT2D eigenvalue weighted by Gasteiger charge is 2.24. The third-order valence-electron chi connectivity index (χ3n) is 1.67. The molecule has 0 aromatic carbocycles. The van der Waals surface area contributed by atoms with Gasteiger partial charge in [-0.25, -0.2) is 0 Å². The second-order valence-corrected chi connectivity index (χ2v) is 7.69. The molecule has 1 aliphatic heterocycles. The molecule has 0 spiro atoms. The van der Waals surface area contributed by atoms with Crippen LogP contribution in [0.2, 0.25) is 19.1 Å². The zero-order valence-corrected chi connectivity index (χ0v) is 8.89. The molecular weight excluding hydrogens is 156 g/mol. The Labute approximate surface area is 70.7 Å². The normalized spacial score (nSPS) is 21.8. The van der Waals surface area contributed by atoms with Gasteiger partial charge >= 0.3 is 0 Å². The van der Waals surface area contributed by atoms with Crippen molar-refractivity contribution in [2.24, 2.45) is 0 Å². The van der Waals surface area contributed by atoms with E-state index in [1.807, 2.05) is 0 Å². The first-order valence-corrected chi connectivity index (χ1v) is 7.49. The van der Waals surface area contributed by atoms with Gasteiger partial charge in [-0.05, 0) is 32.5 Å². The zero-order valence-electron chi connectivity index (χ0n) is 7.89. The van der Waals surface area contributed by atoms with Crippen LogP contribution in [-0.4, -0.2) is 26.6 Å². The summed E-state index contributed by atoms with van der Waals surface area (Å²) >= 11 is 0. The first kappa shape index (κ1) is 11.1. The molecule has 1 fully saturated rings. The van der Waals surface area contributed by atoms with E-state index in [1.165, 1.54) is 18.9 Å². The minimum absolute atomic E-state index is 0.250. The maximum Gasteiger partial charge on any atom is 0.186 e. The molecule has 1 rings (SSSR count). The summed E-state index contributed by atoms with van der Waals surface area (Å²) in [7, 11) is -1.09. The van der Waals surface area contributed by atoms with E-state index in [4.69, 9.17) is 9.53 Å². The van der Waals surface area contributed by atoms with Gasteiger partial charge in [0.1, 0.15) is 0 Å². The minimum Gasteiger partial charge on any atom is -0.417 e. The Bertz CT molecular complexity index is 86.1. The van der Waals surface area contributed by atoms with Crippen LogP contribution in [0.15, 0.2) is 0 Å². The highest BCUT2D eigenvalue weighted by Crippen LogP contribution is 2.20. The number of aliphatic hydroxyl groups is 1. The van der Waals surface area contributed by atoms with Gasteiger partial charge in [0, 0.05) is 13.2 Å². The molecule has 0 saturated carbocycles. The standard InChI is InChI=1S/C6H14OSi.C2H6O/c1-8(2)6-4-3-5-7-8;1-2-3/h3-6H2,1-2H3;3H,2H2,1H3. The summed E-state index contributed by atoms with van der Waals surface area (Å²) in [5, 5.41) is 7.57. The predicted octanol–water partition coefficient (Wildman–Crippen LogP) is 2.00. The lowest BCUT2D eigenvalue weighted by Crippen LogP contribution is -2.33. The average Bonchev–Trinajstić information content (AvgIpc) is 1.88. The Kier molecular flexibility index (Phi) is 5.82. The molecule has 0 radical (unpaired) electrons. The van der Waals surface area contributed by atoms with Gasteiger partial charge in [-0.2, -0.15) is 0 Å². The molecule has 1 heterocycles. The fraction of sp³-hybridized carbons (Fsp3) is 1.00. The number of hydrogen-bond donors (Lipinski definition) is 1. The van der Waals surface area contributed by atoms with Gasteiger partial charge in [0.2, 0.25) is 0 Å². The van der Waals surface area contributed by atoms with Crippen molar-refractivity contribution < 1.29 is 9.53 Å². The Morgan fingerprint density at radius 1 is 1.36 bits per heavy atom. The zero-order chi connectivity index (χ0) is 8.74. The summed E-state index contributed by atoms with van der Waals surface area (Å²) in [6.45, 7) is 7.55. The van der Waals surface area contributed by atoms with Crippen LogP contribution in [0.5, 0.6) is 0 Å². The van der Waals surface area contributed by atoms with Crippen molar-refractivity contribution in [1.29, 1.82) is 0 Å². The van der Waals surface area contributed by atoms with Gasteiger partial charge in [-0.1, -0.05) is 6.42 Å². The molecule has 11 heavy (non-hydrogen) atoms. The molecule has 2 nitrogen and oxygen atoms in total. The maximum absolute atomic E-state index is 7.57. The third-order valence-corrected chi connectivity index (χ3v) is 4.21. The molecule has 68 valence electrons. The van der Waals surface area contributed by atoms with Crippen LogP contribution in [0.25, 0.3) is 0 Å². The predicted molar refractivity (Wildman–Crippen MR) is 50.2 cm³/mol. The molecule has 1 aliphatic rings. The van der Waals surface area contributed by atoms with Crippen molar-refractivity contribution in [2.75, 3.05) is 13.2 Å². The van der Waals surface area contributed by atoms with Crippen LogP contribution >= 0.6 is 0 Å². The van der Waals surface area contributed by atoms with Gasteiger partial charge in [-0.3, -0.25) is 0 Å². The van der Waals surface area contributed by atoms with Crippen molar-refractivity contribution >= 4 is 8.32 Å². The molecule has 3 heteroatoms. The molecule has 1 N–H and O–H groups in total. The largest absolute Gasteiger partial charge is 0.417 e. The van der Waals surface area contributed by atoms with Gasteiger partial charge < -0.3 is 9.53 Å². The molecule has 0 amide bonds. The lowest BCUT2D eigenvalue weighted by Gasteiger charge is -2.27. The number of hydrogen-bond acceptors (Lipinski definition) is 2. The van der Waals surface area contributed by atoms with E-state index < -0.39 is 8.32 Å². The lowest BCUT2D eigenvalue weighted by atomic mass is 10.4. The van der Waals surface area contributed by atoms with E-state index in [0.717, 1.165) is 6.61 Å². The highest BCUT2D eigenvalue weighted by molar-refractivity contribution is 6.71. The summed E-state index contributed by atoms with van der Waals surface area (Å²) in [5.74, 6) is 0. The monoisotopic (exact) mass is 176 g/mol. The molecule has 0 atom stereocenters. The SMILES string of the molecule is CCO.C[Si]1(C)CCCCO1. The third kappa shape index (κ3) is 6.53. The summed E-state index contributed by atoms with van der Waals surface area (Å²) in [6, 6.07) is 1.37. The Hall–Kier alpha value is 0.137. The van der Waals surface area contributed by atoms with Crippen LogP contribution in [0.1, 0.15) is 19.8 Å². The van der Waals surface area contributed by atoms with E-state index in [1.54, 1.807) is 6.92 Å². The quantitative estimate of drug-likeness (QED) is 0.572. The molecule has 0 bridgehead atoms. The van der Waals surface area contributed by atoms with Crippen molar-refractivity contribution in [3.05, 3.63) is 0 Å². The van der Waals surface area contributed by atoms with Crippen LogP contribution in [0.3, 0.4) is 0 Å². The first-order chi connectivity index (χ1) is 5.12. The van der Waals surface area contributed by atoms with Gasteiger partial charge in [0.15, 0.2) is 8.32 Å². The van der Waals surface area contributed by atoms with E-state index in [2.05, 4.69) is 13.1 Å². The second-order valence-electron chi connectivity index (χ2n) is 3.38. The van der Waals surface area contributed by atoms with E-state index in [0.29, 0.717) is 0 Å². The Morgan fingerprint density at radius 3 is 2.09 bits per heavy atom. The molecule has 1 saturated heterocycles. The van der Waals surface area contributed by atoms with Crippen molar-refractivity contribution in [1.82, 2.24) is 0 Å². The number of rotatable bonds is 0. The molecule has 0 aromatic rings. The van der Waals surface area contributed by atoms with E-state index in [9.17, 15) is 0 Å². The fourth-order valence-corrected chi connectivity index (χ4v) is 3.02. The molecule has 0 aliphatic carbocycles. The van der Waals surface area contributed by atoms with Gasteiger partial charge in [0.05, 0.1) is 0 Å². The van der Waals surface area contributed by atoms with Crippen molar-refractivity contribution in [2.45, 2.75) is 38.9 Å². The summed E-state index contributed by atoms with van der Waals surface area (Å²) in [5.41, 5.74) is 0. The Balaban J connectivity index is 0.000000292. The van der Waals surface area contributed by atoms with Crippen molar-refractivity contribution in [3.8, 4) is 0 Å². The maximum atomic E-state index is 7.57. The van der Waals surface area contributed by atoms with Crippen LogP contribution < -0.4 is 0 Å². The molecule has 0 unspecified atom stereocenters. The highest BCUT2D eigenvalue weighted by atomic mass is 28.4. The average molecular weight is 176 g/mol. The summed E-state index contributed by atoms with van der Waals surface area (Å²) in [6.07, 6.45) is 2.69. The second kappa shape index (κ2) is 5.74. The number of aliphatic hydroxyl groups excluding tert-OH is 1. The van der Waals surface area contributed by atoms with E-state index >= 15 is 0 Å². The summed E-state index contributed by atoms with van der Waals surface area (Å²) in [4.78, 5) is 0. The van der Waals surface area contributed by atoms with Crippen LogP contribution in [0.4, 0.5) is 0 Å². The summed E-state index contributed by atoms with van der Waals surface area (Å²) < 4.78 is 5.60. The minimum atomic E-state index is -1.09. The lowest BCUT2D eigenvalue weighted by molar-refractivity contribution is 0.275. The van der Waals surface area contributed by atoms with Crippen LogP contribution in [-0.2, 0) is 4.43 Å². The topological polar surface area (TPSA) is 29.5 Å². The van der Waals surface area contributed by atoms with Crippen LogP contribution in [0, 0.1) is 0 Å². The first-order valence-electron chi connectivity index (χ1n) is 4.37. The molecular formula is C8H20O2Si. The molecule has 0 aromatic heterocycles. The smallest absolute Gasteiger partial charge is 0.186 e. The fourth-order valence-electron chi connectivity index (χ4n) is 1.07. The Morgan fingerprint density at radius 2 is 1.91 bits per heavy atom. The van der Waals surface area contributed by atoms with Crippen molar-refractivity contribution in [3.63, 3.8) is 0 Å². The van der Waals surface area contributed by atoms with Gasteiger partial charge in [-0.15, -0.1) is 0 Å². The van der Waals surface area contributed by atoms with Gasteiger partial charge in [0.25, 0.3) is 0 Å². The van der Waals surface area contributed by atoms with E-state index in [-0.39, 0.29) is 6.61 Å².